The van der Waals surface area contributed by atoms with Crippen molar-refractivity contribution in [2.45, 2.75) is 19.9 Å². The Labute approximate surface area is 165 Å². The van der Waals surface area contributed by atoms with Gasteiger partial charge in [0.05, 0.1) is 18.7 Å². The fraction of sp³-hybridized carbons (Fsp3) is 0.200. The predicted octanol–water partition coefficient (Wildman–Crippen LogP) is 2.29. The largest absolute Gasteiger partial charge is 0.354 e. The molecule has 0 aliphatic carbocycles. The van der Waals surface area contributed by atoms with Gasteiger partial charge in [-0.2, -0.15) is 5.10 Å². The number of amides is 1. The van der Waals surface area contributed by atoms with E-state index in [0.29, 0.717) is 13.1 Å². The molecule has 0 atom stereocenters. The zero-order valence-corrected chi connectivity index (χ0v) is 16.1. The summed E-state index contributed by atoms with van der Waals surface area (Å²) in [7, 11) is 0. The normalized spacial score (nSPS) is 11.0. The summed E-state index contributed by atoms with van der Waals surface area (Å²) < 4.78 is 3.29. The number of aromatic nitrogens is 4. The molecule has 1 N–H and O–H groups in total. The number of aryl methyl sites for hydroxylation is 1. The number of nitrogens with one attached hydrogen (secondary N) is 1. The molecule has 4 aromatic rings. The third kappa shape index (κ3) is 3.86. The fourth-order valence-electron chi connectivity index (χ4n) is 2.90. The van der Waals surface area contributed by atoms with E-state index in [2.05, 4.69) is 34.5 Å². The zero-order chi connectivity index (χ0) is 19.5. The maximum Gasteiger partial charge on any atom is 0.266 e. The Hall–Kier alpha value is -3.26. The molecule has 0 saturated heterocycles. The van der Waals surface area contributed by atoms with Crippen LogP contribution in [0.3, 0.4) is 0 Å². The second kappa shape index (κ2) is 7.77. The molecule has 142 valence electrons. The summed E-state index contributed by atoms with van der Waals surface area (Å²) in [5.74, 6) is -0.103. The molecule has 4 rings (SSSR count). The lowest BCUT2D eigenvalue weighted by Gasteiger charge is -2.06. The molecule has 7 nitrogen and oxygen atoms in total. The Kier molecular flexibility index (Phi) is 5.03. The zero-order valence-electron chi connectivity index (χ0n) is 15.3. The van der Waals surface area contributed by atoms with Crippen molar-refractivity contribution in [1.29, 1.82) is 0 Å². The minimum atomic E-state index is -0.182. The monoisotopic (exact) mass is 393 g/mol. The number of benzene rings is 1. The Morgan fingerprint density at radius 3 is 2.82 bits per heavy atom. The number of thiazole rings is 1. The van der Waals surface area contributed by atoms with Crippen LogP contribution >= 0.6 is 11.3 Å². The lowest BCUT2D eigenvalue weighted by Crippen LogP contribution is -2.32. The number of nitrogens with zero attached hydrogens (tertiary/aromatic N) is 4. The lowest BCUT2D eigenvalue weighted by molar-refractivity contribution is -0.120. The van der Waals surface area contributed by atoms with Gasteiger partial charge in [-0.1, -0.05) is 29.8 Å². The summed E-state index contributed by atoms with van der Waals surface area (Å²) in [5, 5.41) is 8.76. The van der Waals surface area contributed by atoms with Crippen LogP contribution in [-0.2, 0) is 17.8 Å². The number of rotatable bonds is 6. The van der Waals surface area contributed by atoms with Gasteiger partial charge in [-0.25, -0.2) is 9.67 Å². The SMILES string of the molecule is Cc1ccc(-c2cn3c(CC(=O)NCCn4ncccc4=O)csc3n2)cc1. The van der Waals surface area contributed by atoms with Gasteiger partial charge in [0.25, 0.3) is 5.56 Å². The van der Waals surface area contributed by atoms with Gasteiger partial charge in [-0.3, -0.25) is 14.0 Å². The minimum Gasteiger partial charge on any atom is -0.354 e. The fourth-order valence-corrected chi connectivity index (χ4v) is 3.78. The third-order valence-electron chi connectivity index (χ3n) is 4.40. The van der Waals surface area contributed by atoms with E-state index in [1.54, 1.807) is 12.3 Å². The molecule has 0 unspecified atom stereocenters. The van der Waals surface area contributed by atoms with Crippen LogP contribution in [0.25, 0.3) is 16.2 Å². The molecule has 0 aliphatic rings. The van der Waals surface area contributed by atoms with Crippen molar-refractivity contribution in [2.24, 2.45) is 0 Å². The first kappa shape index (κ1) is 18.1. The molecule has 3 aromatic heterocycles. The van der Waals surface area contributed by atoms with Crippen molar-refractivity contribution in [3.05, 3.63) is 75.8 Å². The molecule has 0 fully saturated rings. The van der Waals surface area contributed by atoms with Crippen LogP contribution in [0, 0.1) is 6.92 Å². The first-order valence-corrected chi connectivity index (χ1v) is 9.79. The number of carbonyl (C=O) groups is 1. The Morgan fingerprint density at radius 2 is 2.04 bits per heavy atom. The smallest absolute Gasteiger partial charge is 0.266 e. The second-order valence-corrected chi connectivity index (χ2v) is 7.32. The van der Waals surface area contributed by atoms with Crippen LogP contribution in [-0.4, -0.2) is 31.6 Å². The van der Waals surface area contributed by atoms with E-state index in [0.717, 1.165) is 21.9 Å². The third-order valence-corrected chi connectivity index (χ3v) is 5.29. The minimum absolute atomic E-state index is 0.103. The molecule has 0 saturated carbocycles. The molecule has 1 aromatic carbocycles. The summed E-state index contributed by atoms with van der Waals surface area (Å²) in [5.41, 5.74) is 3.85. The molecule has 3 heterocycles. The summed E-state index contributed by atoms with van der Waals surface area (Å²) in [6.45, 7) is 2.74. The molecular formula is C20H19N5O2S. The first-order valence-electron chi connectivity index (χ1n) is 8.91. The topological polar surface area (TPSA) is 81.3 Å². The molecular weight excluding hydrogens is 374 g/mol. The van der Waals surface area contributed by atoms with Gasteiger partial charge in [-0.15, -0.1) is 11.3 Å². The second-order valence-electron chi connectivity index (χ2n) is 6.48. The summed E-state index contributed by atoms with van der Waals surface area (Å²) >= 11 is 1.51. The number of carbonyl (C=O) groups excluding carboxylic acids is 1. The van der Waals surface area contributed by atoms with Crippen molar-refractivity contribution in [3.8, 4) is 11.3 Å². The highest BCUT2D eigenvalue weighted by Gasteiger charge is 2.12. The van der Waals surface area contributed by atoms with Gasteiger partial charge in [-0.05, 0) is 13.0 Å². The van der Waals surface area contributed by atoms with Gasteiger partial charge in [0.2, 0.25) is 5.91 Å². The van der Waals surface area contributed by atoms with Crippen molar-refractivity contribution < 1.29 is 4.79 Å². The molecule has 1 amide bonds. The maximum atomic E-state index is 12.3. The van der Waals surface area contributed by atoms with E-state index in [4.69, 9.17) is 0 Å². The van der Waals surface area contributed by atoms with Crippen LogP contribution in [0.5, 0.6) is 0 Å². The van der Waals surface area contributed by atoms with E-state index < -0.39 is 0 Å². The Balaban J connectivity index is 1.41. The standard InChI is InChI=1S/C20H19N5O2S/c1-14-4-6-15(7-5-14)17-12-24-16(13-28-20(24)23-17)11-18(26)21-9-10-25-19(27)3-2-8-22-25/h2-8,12-13H,9-11H2,1H3,(H,21,26). The van der Waals surface area contributed by atoms with Crippen LogP contribution in [0.15, 0.2) is 59.0 Å². The van der Waals surface area contributed by atoms with E-state index in [1.165, 1.54) is 27.6 Å². The van der Waals surface area contributed by atoms with Crippen molar-refractivity contribution in [3.63, 3.8) is 0 Å². The molecule has 28 heavy (non-hydrogen) atoms. The molecule has 0 radical (unpaired) electrons. The number of hydrogen-bond acceptors (Lipinski definition) is 5. The average Bonchev–Trinajstić information content (AvgIpc) is 3.26. The van der Waals surface area contributed by atoms with E-state index in [-0.39, 0.29) is 17.9 Å². The first-order chi connectivity index (χ1) is 13.6. The Bertz CT molecular complexity index is 1170. The number of hydrogen-bond donors (Lipinski definition) is 1. The molecule has 0 bridgehead atoms. The van der Waals surface area contributed by atoms with Crippen molar-refractivity contribution in [2.75, 3.05) is 6.54 Å². The summed E-state index contributed by atoms with van der Waals surface area (Å²) in [6.07, 6.45) is 3.77. The van der Waals surface area contributed by atoms with E-state index in [1.807, 2.05) is 28.1 Å². The van der Waals surface area contributed by atoms with Crippen molar-refractivity contribution >= 4 is 22.2 Å². The van der Waals surface area contributed by atoms with Crippen LogP contribution in [0.4, 0.5) is 0 Å². The van der Waals surface area contributed by atoms with Crippen LogP contribution in [0.1, 0.15) is 11.3 Å². The van der Waals surface area contributed by atoms with Gasteiger partial charge in [0, 0.05) is 41.6 Å². The van der Waals surface area contributed by atoms with Crippen LogP contribution in [0.2, 0.25) is 0 Å². The van der Waals surface area contributed by atoms with Gasteiger partial charge < -0.3 is 5.32 Å². The van der Waals surface area contributed by atoms with Crippen molar-refractivity contribution in [1.82, 2.24) is 24.5 Å². The summed E-state index contributed by atoms with van der Waals surface area (Å²) in [6, 6.07) is 11.3. The highest BCUT2D eigenvalue weighted by atomic mass is 32.1. The quantitative estimate of drug-likeness (QED) is 0.545. The van der Waals surface area contributed by atoms with Gasteiger partial charge >= 0.3 is 0 Å². The summed E-state index contributed by atoms with van der Waals surface area (Å²) in [4.78, 5) is 29.4. The highest BCUT2D eigenvalue weighted by Crippen LogP contribution is 2.24. The van der Waals surface area contributed by atoms with E-state index >= 15 is 0 Å². The van der Waals surface area contributed by atoms with Gasteiger partial charge in [0.1, 0.15) is 0 Å². The highest BCUT2D eigenvalue weighted by molar-refractivity contribution is 7.15. The predicted molar refractivity (Wildman–Crippen MR) is 108 cm³/mol. The molecule has 0 aliphatic heterocycles. The number of fused-ring (bicyclic) bond motifs is 1. The van der Waals surface area contributed by atoms with E-state index in [9.17, 15) is 9.59 Å². The molecule has 0 spiro atoms. The lowest BCUT2D eigenvalue weighted by atomic mass is 10.1. The maximum absolute atomic E-state index is 12.3. The van der Waals surface area contributed by atoms with Gasteiger partial charge in [0.15, 0.2) is 4.96 Å². The van der Waals surface area contributed by atoms with Crippen LogP contribution < -0.4 is 10.9 Å². The Morgan fingerprint density at radius 1 is 1.21 bits per heavy atom. The average molecular weight is 393 g/mol. The molecule has 8 heteroatoms. The number of imidazole rings is 1.